The zero-order valence-corrected chi connectivity index (χ0v) is 16.7. The molecule has 0 fully saturated rings. The van der Waals surface area contributed by atoms with Crippen molar-refractivity contribution in [3.05, 3.63) is 69.3 Å². The Bertz CT molecular complexity index is 1240. The van der Waals surface area contributed by atoms with Gasteiger partial charge >= 0.3 is 0 Å². The highest BCUT2D eigenvalue weighted by molar-refractivity contribution is 6.02. The largest absolute Gasteiger partial charge is 0.361 e. The van der Waals surface area contributed by atoms with Gasteiger partial charge in [-0.2, -0.15) is 0 Å². The van der Waals surface area contributed by atoms with E-state index in [0.29, 0.717) is 24.1 Å². The number of fused-ring (bicyclic) bond motifs is 2. The van der Waals surface area contributed by atoms with Gasteiger partial charge in [0.15, 0.2) is 5.78 Å². The van der Waals surface area contributed by atoms with E-state index < -0.39 is 17.4 Å². The van der Waals surface area contributed by atoms with Crippen LogP contribution >= 0.6 is 0 Å². The minimum Gasteiger partial charge on any atom is -0.361 e. The van der Waals surface area contributed by atoms with Gasteiger partial charge in [-0.05, 0) is 29.5 Å². The van der Waals surface area contributed by atoms with Crippen LogP contribution in [0.1, 0.15) is 52.2 Å². The molecule has 1 aliphatic carbocycles. The highest BCUT2D eigenvalue weighted by Gasteiger charge is 2.32. The Morgan fingerprint density at radius 2 is 1.87 bits per heavy atom. The molecule has 8 nitrogen and oxygen atoms in total. The first-order chi connectivity index (χ1) is 14.2. The van der Waals surface area contributed by atoms with Crippen molar-refractivity contribution in [1.82, 2.24) is 20.8 Å². The van der Waals surface area contributed by atoms with Crippen molar-refractivity contribution in [3.8, 4) is 0 Å². The van der Waals surface area contributed by atoms with Crippen LogP contribution in [0.15, 0.2) is 41.3 Å². The molecule has 0 radical (unpaired) electrons. The number of benzene rings is 1. The molecule has 0 spiro atoms. The molecule has 4 N–H and O–H groups in total. The van der Waals surface area contributed by atoms with Crippen molar-refractivity contribution >= 4 is 28.5 Å². The third-order valence-corrected chi connectivity index (χ3v) is 5.30. The standard InChI is InChI=1S/C22H22N4O4/c1-22(2)9-17-14(18(27)10-22)8-15(20(29)24-17)21(30)26-25-19(28)7-12-11-23-16-6-4-3-5-13(12)16/h3-6,8,11,23H,7,9-10H2,1-2H3,(H,24,29)(H,25,28)(H,26,30). The molecular formula is C22H22N4O4. The van der Waals surface area contributed by atoms with Crippen LogP contribution in [0.2, 0.25) is 0 Å². The summed E-state index contributed by atoms with van der Waals surface area (Å²) >= 11 is 0. The number of hydrazine groups is 1. The van der Waals surface area contributed by atoms with Gasteiger partial charge in [0.25, 0.3) is 11.5 Å². The van der Waals surface area contributed by atoms with Gasteiger partial charge in [-0.15, -0.1) is 0 Å². The van der Waals surface area contributed by atoms with Gasteiger partial charge < -0.3 is 9.97 Å². The van der Waals surface area contributed by atoms with Crippen LogP contribution in [0.4, 0.5) is 0 Å². The van der Waals surface area contributed by atoms with Crippen molar-refractivity contribution in [3.63, 3.8) is 0 Å². The van der Waals surface area contributed by atoms with Gasteiger partial charge in [-0.3, -0.25) is 30.0 Å². The molecule has 0 atom stereocenters. The third kappa shape index (κ3) is 3.76. The summed E-state index contributed by atoms with van der Waals surface area (Å²) in [5.41, 5.74) is 6.13. The van der Waals surface area contributed by atoms with E-state index in [9.17, 15) is 19.2 Å². The van der Waals surface area contributed by atoms with Gasteiger partial charge in [0.1, 0.15) is 5.56 Å². The number of Topliss-reactive ketones (excluding diaryl/α,β-unsaturated/α-hetero) is 1. The summed E-state index contributed by atoms with van der Waals surface area (Å²) in [4.78, 5) is 55.2. The lowest BCUT2D eigenvalue weighted by Crippen LogP contribution is -2.44. The first-order valence-electron chi connectivity index (χ1n) is 9.67. The zero-order chi connectivity index (χ0) is 21.5. The molecule has 2 amide bonds. The number of aromatic amines is 2. The lowest BCUT2D eigenvalue weighted by Gasteiger charge is -2.29. The molecule has 0 aliphatic heterocycles. The van der Waals surface area contributed by atoms with Crippen LogP contribution in [0.25, 0.3) is 10.9 Å². The normalized spacial score (nSPS) is 14.9. The highest BCUT2D eigenvalue weighted by Crippen LogP contribution is 2.33. The molecule has 0 saturated carbocycles. The van der Waals surface area contributed by atoms with Crippen LogP contribution in [0.5, 0.6) is 0 Å². The van der Waals surface area contributed by atoms with Gasteiger partial charge in [-0.1, -0.05) is 32.0 Å². The van der Waals surface area contributed by atoms with Crippen molar-refractivity contribution < 1.29 is 14.4 Å². The first kappa shape index (κ1) is 19.6. The zero-order valence-electron chi connectivity index (χ0n) is 16.7. The molecule has 0 saturated heterocycles. The fourth-order valence-electron chi connectivity index (χ4n) is 3.89. The quantitative estimate of drug-likeness (QED) is 0.497. The minimum absolute atomic E-state index is 0.0540. The molecule has 2 heterocycles. The van der Waals surface area contributed by atoms with Crippen molar-refractivity contribution in [1.29, 1.82) is 0 Å². The second-order valence-electron chi connectivity index (χ2n) is 8.38. The summed E-state index contributed by atoms with van der Waals surface area (Å²) < 4.78 is 0. The summed E-state index contributed by atoms with van der Waals surface area (Å²) in [6.45, 7) is 3.91. The maximum absolute atomic E-state index is 12.4. The van der Waals surface area contributed by atoms with E-state index in [-0.39, 0.29) is 23.2 Å². The molecule has 0 unspecified atom stereocenters. The monoisotopic (exact) mass is 406 g/mol. The fraction of sp³-hybridized carbons (Fsp3) is 0.273. The van der Waals surface area contributed by atoms with Crippen LogP contribution < -0.4 is 16.4 Å². The van der Waals surface area contributed by atoms with E-state index in [4.69, 9.17) is 0 Å². The Kier molecular flexibility index (Phi) is 4.77. The van der Waals surface area contributed by atoms with E-state index in [0.717, 1.165) is 16.5 Å². The van der Waals surface area contributed by atoms with Crippen molar-refractivity contribution in [2.45, 2.75) is 33.1 Å². The van der Waals surface area contributed by atoms with Crippen LogP contribution in [-0.4, -0.2) is 27.6 Å². The Morgan fingerprint density at radius 1 is 1.10 bits per heavy atom. The SMILES string of the molecule is CC1(C)CC(=O)c2cc(C(=O)NNC(=O)Cc3c[nH]c4ccccc34)c(=O)[nH]c2C1. The summed E-state index contributed by atoms with van der Waals surface area (Å²) in [7, 11) is 0. The molecule has 154 valence electrons. The Morgan fingerprint density at radius 3 is 2.67 bits per heavy atom. The summed E-state index contributed by atoms with van der Waals surface area (Å²) in [6, 6.07) is 8.89. The number of carbonyl (C=O) groups excluding carboxylic acids is 3. The van der Waals surface area contributed by atoms with Gasteiger partial charge in [0.2, 0.25) is 5.91 Å². The summed E-state index contributed by atoms with van der Waals surface area (Å²) in [5.74, 6) is -1.32. The van der Waals surface area contributed by atoms with Gasteiger partial charge in [0.05, 0.1) is 6.42 Å². The Hall–Kier alpha value is -3.68. The van der Waals surface area contributed by atoms with E-state index in [1.54, 1.807) is 6.20 Å². The predicted octanol–water partition coefficient (Wildman–Crippen LogP) is 2.01. The molecular weight excluding hydrogens is 384 g/mol. The fourth-order valence-corrected chi connectivity index (χ4v) is 3.89. The number of para-hydroxylation sites is 1. The summed E-state index contributed by atoms with van der Waals surface area (Å²) in [6.07, 6.45) is 2.69. The lowest BCUT2D eigenvalue weighted by molar-refractivity contribution is -0.121. The van der Waals surface area contributed by atoms with Gasteiger partial charge in [-0.25, -0.2) is 0 Å². The molecule has 1 aromatic carbocycles. The number of amides is 2. The first-order valence-corrected chi connectivity index (χ1v) is 9.67. The molecule has 1 aliphatic rings. The molecule has 2 aromatic heterocycles. The Balaban J connectivity index is 1.45. The lowest BCUT2D eigenvalue weighted by atomic mass is 9.75. The molecule has 0 bridgehead atoms. The average Bonchev–Trinajstić information content (AvgIpc) is 3.07. The number of nitrogens with one attached hydrogen (secondary N) is 4. The van der Waals surface area contributed by atoms with Crippen molar-refractivity contribution in [2.24, 2.45) is 5.41 Å². The number of hydrogen-bond acceptors (Lipinski definition) is 4. The van der Waals surface area contributed by atoms with Crippen LogP contribution in [0.3, 0.4) is 0 Å². The maximum atomic E-state index is 12.4. The van der Waals surface area contributed by atoms with Crippen LogP contribution in [-0.2, 0) is 17.6 Å². The number of carbonyl (C=O) groups is 3. The molecule has 4 rings (SSSR count). The number of H-pyrrole nitrogens is 2. The highest BCUT2D eigenvalue weighted by atomic mass is 16.2. The second kappa shape index (κ2) is 7.29. The number of hydrogen-bond donors (Lipinski definition) is 4. The molecule has 30 heavy (non-hydrogen) atoms. The predicted molar refractivity (Wildman–Crippen MR) is 111 cm³/mol. The number of pyridine rings is 1. The number of aromatic nitrogens is 2. The van der Waals surface area contributed by atoms with E-state index in [2.05, 4.69) is 20.8 Å². The molecule has 3 aromatic rings. The van der Waals surface area contributed by atoms with E-state index in [1.165, 1.54) is 6.07 Å². The topological polar surface area (TPSA) is 124 Å². The third-order valence-electron chi connectivity index (χ3n) is 5.30. The number of ketones is 1. The Labute approximate surface area is 172 Å². The number of rotatable bonds is 3. The smallest absolute Gasteiger partial charge is 0.275 e. The average molecular weight is 406 g/mol. The molecule has 8 heteroatoms. The van der Waals surface area contributed by atoms with Crippen molar-refractivity contribution in [2.75, 3.05) is 0 Å². The van der Waals surface area contributed by atoms with E-state index in [1.807, 2.05) is 38.1 Å². The summed E-state index contributed by atoms with van der Waals surface area (Å²) in [5, 5.41) is 0.923. The van der Waals surface area contributed by atoms with E-state index >= 15 is 0 Å². The second-order valence-corrected chi connectivity index (χ2v) is 8.38. The maximum Gasteiger partial charge on any atom is 0.275 e. The van der Waals surface area contributed by atoms with Crippen LogP contribution in [0, 0.1) is 5.41 Å². The van der Waals surface area contributed by atoms with Gasteiger partial charge in [0, 0.05) is 34.8 Å². The minimum atomic E-state index is -0.774.